The summed E-state index contributed by atoms with van der Waals surface area (Å²) in [7, 11) is 1.78. The molecule has 1 aromatic carbocycles. The predicted molar refractivity (Wildman–Crippen MR) is 90.4 cm³/mol. The second-order valence-corrected chi connectivity index (χ2v) is 6.43. The standard InChI is InChI=1S/C15H14ClFN4OS/c1-20-9-18-12-13(20)19-15(23-8-2-7-17)21(14(12)22)11-5-3-10(16)4-6-11/h3-6,9H,2,7-8H2,1H3. The molecule has 0 aliphatic heterocycles. The number of thioether (sulfide) groups is 1. The van der Waals surface area contributed by atoms with E-state index in [9.17, 15) is 9.18 Å². The van der Waals surface area contributed by atoms with Gasteiger partial charge in [0.1, 0.15) is 0 Å². The molecule has 5 nitrogen and oxygen atoms in total. The smallest absolute Gasteiger partial charge is 0.286 e. The van der Waals surface area contributed by atoms with Crippen molar-refractivity contribution in [3.05, 3.63) is 46.0 Å². The molecule has 0 saturated heterocycles. The Labute approximate surface area is 141 Å². The SMILES string of the molecule is Cn1cnc2c(=O)n(-c3ccc(Cl)cc3)c(SCCCF)nc21. The molecule has 0 bridgehead atoms. The van der Waals surface area contributed by atoms with Crippen molar-refractivity contribution in [3.63, 3.8) is 0 Å². The molecule has 0 atom stereocenters. The molecule has 0 fully saturated rings. The normalized spacial score (nSPS) is 11.3. The number of alkyl halides is 1. The topological polar surface area (TPSA) is 52.7 Å². The third-order valence-electron chi connectivity index (χ3n) is 3.30. The van der Waals surface area contributed by atoms with Gasteiger partial charge in [-0.3, -0.25) is 13.8 Å². The summed E-state index contributed by atoms with van der Waals surface area (Å²) >= 11 is 7.26. The summed E-state index contributed by atoms with van der Waals surface area (Å²) in [6.45, 7) is -0.397. The van der Waals surface area contributed by atoms with Crippen LogP contribution in [0.2, 0.25) is 5.02 Å². The Morgan fingerprint density at radius 2 is 2.04 bits per heavy atom. The molecule has 2 heterocycles. The Bertz CT molecular complexity index is 891. The molecule has 0 radical (unpaired) electrons. The summed E-state index contributed by atoms with van der Waals surface area (Å²) < 4.78 is 15.6. The van der Waals surface area contributed by atoms with Crippen LogP contribution in [-0.4, -0.2) is 31.5 Å². The molecule has 0 spiro atoms. The second-order valence-electron chi connectivity index (χ2n) is 4.93. The lowest BCUT2D eigenvalue weighted by Crippen LogP contribution is -2.22. The third kappa shape index (κ3) is 3.11. The third-order valence-corrected chi connectivity index (χ3v) is 4.58. The van der Waals surface area contributed by atoms with E-state index in [2.05, 4.69) is 9.97 Å². The Balaban J connectivity index is 2.19. The van der Waals surface area contributed by atoms with Crippen molar-refractivity contribution in [1.82, 2.24) is 19.1 Å². The quantitative estimate of drug-likeness (QED) is 0.402. The molecule has 0 amide bonds. The first-order chi connectivity index (χ1) is 11.1. The maximum absolute atomic E-state index is 12.8. The molecule has 2 aromatic heterocycles. The van der Waals surface area contributed by atoms with Crippen molar-refractivity contribution in [1.29, 1.82) is 0 Å². The highest BCUT2D eigenvalue weighted by Gasteiger charge is 2.16. The number of benzene rings is 1. The van der Waals surface area contributed by atoms with Crippen LogP contribution in [-0.2, 0) is 7.05 Å². The Kier molecular flexibility index (Phi) is 4.68. The zero-order valence-corrected chi connectivity index (χ0v) is 13.9. The van der Waals surface area contributed by atoms with Crippen LogP contribution in [0.4, 0.5) is 4.39 Å². The first-order valence-corrected chi connectivity index (χ1v) is 8.37. The van der Waals surface area contributed by atoms with Gasteiger partial charge >= 0.3 is 0 Å². The van der Waals surface area contributed by atoms with Crippen LogP contribution in [0.25, 0.3) is 16.9 Å². The molecule has 0 unspecified atom stereocenters. The minimum atomic E-state index is -0.397. The van der Waals surface area contributed by atoms with Crippen LogP contribution in [0.3, 0.4) is 0 Å². The van der Waals surface area contributed by atoms with Crippen LogP contribution >= 0.6 is 23.4 Å². The average Bonchev–Trinajstić information content (AvgIpc) is 2.91. The summed E-state index contributed by atoms with van der Waals surface area (Å²) in [6.07, 6.45) is 1.96. The Hall–Kier alpha value is -1.86. The predicted octanol–water partition coefficient (Wildman–Crippen LogP) is 3.22. The number of aryl methyl sites for hydroxylation is 1. The molecular formula is C15H14ClFN4OS. The summed E-state index contributed by atoms with van der Waals surface area (Å²) in [6, 6.07) is 6.92. The zero-order chi connectivity index (χ0) is 16.4. The number of fused-ring (bicyclic) bond motifs is 1. The molecular weight excluding hydrogens is 339 g/mol. The fraction of sp³-hybridized carbons (Fsp3) is 0.267. The number of rotatable bonds is 5. The van der Waals surface area contributed by atoms with Crippen molar-refractivity contribution >= 4 is 34.5 Å². The molecule has 8 heteroatoms. The minimum Gasteiger partial charge on any atom is -0.318 e. The number of imidazole rings is 1. The highest BCUT2D eigenvalue weighted by Crippen LogP contribution is 2.22. The summed E-state index contributed by atoms with van der Waals surface area (Å²) in [4.78, 5) is 21.5. The van der Waals surface area contributed by atoms with Gasteiger partial charge in [-0.1, -0.05) is 23.4 Å². The van der Waals surface area contributed by atoms with Gasteiger partial charge in [-0.25, -0.2) is 9.97 Å². The molecule has 0 aliphatic rings. The van der Waals surface area contributed by atoms with Gasteiger partial charge in [-0.2, -0.15) is 0 Å². The Morgan fingerprint density at radius 1 is 1.30 bits per heavy atom. The van der Waals surface area contributed by atoms with Gasteiger partial charge in [0.05, 0.1) is 18.7 Å². The monoisotopic (exact) mass is 352 g/mol. The van der Waals surface area contributed by atoms with E-state index in [0.717, 1.165) is 0 Å². The first-order valence-electron chi connectivity index (χ1n) is 7.00. The molecule has 0 N–H and O–H groups in total. The number of nitrogens with zero attached hydrogens (tertiary/aromatic N) is 4. The molecule has 3 rings (SSSR count). The van der Waals surface area contributed by atoms with Crippen molar-refractivity contribution in [2.75, 3.05) is 12.4 Å². The van der Waals surface area contributed by atoms with E-state index < -0.39 is 6.67 Å². The number of aromatic nitrogens is 4. The van der Waals surface area contributed by atoms with Crippen LogP contribution < -0.4 is 5.56 Å². The van der Waals surface area contributed by atoms with Crippen LogP contribution in [0.5, 0.6) is 0 Å². The van der Waals surface area contributed by atoms with E-state index in [-0.39, 0.29) is 5.56 Å². The molecule has 0 saturated carbocycles. The highest BCUT2D eigenvalue weighted by atomic mass is 35.5. The van der Waals surface area contributed by atoms with E-state index in [1.165, 1.54) is 16.3 Å². The summed E-state index contributed by atoms with van der Waals surface area (Å²) in [5, 5.41) is 1.10. The van der Waals surface area contributed by atoms with Crippen molar-refractivity contribution in [2.45, 2.75) is 11.6 Å². The van der Waals surface area contributed by atoms with Gasteiger partial charge in [-0.15, -0.1) is 0 Å². The Morgan fingerprint density at radius 3 is 2.74 bits per heavy atom. The lowest BCUT2D eigenvalue weighted by Gasteiger charge is -2.12. The number of hydrogen-bond donors (Lipinski definition) is 0. The highest BCUT2D eigenvalue weighted by molar-refractivity contribution is 7.99. The maximum Gasteiger partial charge on any atom is 0.286 e. The van der Waals surface area contributed by atoms with E-state index in [0.29, 0.717) is 39.2 Å². The largest absolute Gasteiger partial charge is 0.318 e. The van der Waals surface area contributed by atoms with Gasteiger partial charge < -0.3 is 4.57 Å². The van der Waals surface area contributed by atoms with Crippen molar-refractivity contribution in [2.24, 2.45) is 7.05 Å². The van der Waals surface area contributed by atoms with Crippen LogP contribution in [0, 0.1) is 0 Å². The lowest BCUT2D eigenvalue weighted by atomic mass is 10.3. The van der Waals surface area contributed by atoms with Crippen LogP contribution in [0.15, 0.2) is 40.5 Å². The van der Waals surface area contributed by atoms with Gasteiger partial charge in [0.15, 0.2) is 16.3 Å². The molecule has 0 aliphatic carbocycles. The fourth-order valence-electron chi connectivity index (χ4n) is 2.17. The first kappa shape index (κ1) is 16.0. The lowest BCUT2D eigenvalue weighted by molar-refractivity contribution is 0.489. The maximum atomic E-state index is 12.8. The van der Waals surface area contributed by atoms with Gasteiger partial charge in [0.2, 0.25) is 0 Å². The zero-order valence-electron chi connectivity index (χ0n) is 12.4. The summed E-state index contributed by atoms with van der Waals surface area (Å²) in [5.41, 5.74) is 1.23. The van der Waals surface area contributed by atoms with Crippen molar-refractivity contribution < 1.29 is 4.39 Å². The van der Waals surface area contributed by atoms with Gasteiger partial charge in [0, 0.05) is 17.8 Å². The van der Waals surface area contributed by atoms with E-state index in [1.54, 1.807) is 42.2 Å². The van der Waals surface area contributed by atoms with E-state index >= 15 is 0 Å². The molecule has 23 heavy (non-hydrogen) atoms. The fourth-order valence-corrected chi connectivity index (χ4v) is 3.20. The summed E-state index contributed by atoms with van der Waals surface area (Å²) in [5.74, 6) is 0.542. The van der Waals surface area contributed by atoms with Gasteiger partial charge in [0.25, 0.3) is 5.56 Å². The van der Waals surface area contributed by atoms with Crippen molar-refractivity contribution in [3.8, 4) is 5.69 Å². The molecule has 3 aromatic rings. The molecule has 120 valence electrons. The number of halogens is 2. The average molecular weight is 353 g/mol. The number of hydrogen-bond acceptors (Lipinski definition) is 4. The second kappa shape index (κ2) is 6.72. The van der Waals surface area contributed by atoms with Gasteiger partial charge in [-0.05, 0) is 30.7 Å². The van der Waals surface area contributed by atoms with E-state index in [4.69, 9.17) is 11.6 Å². The van der Waals surface area contributed by atoms with E-state index in [1.807, 2.05) is 0 Å². The minimum absolute atomic E-state index is 0.249. The van der Waals surface area contributed by atoms with Crippen LogP contribution in [0.1, 0.15) is 6.42 Å².